The summed E-state index contributed by atoms with van der Waals surface area (Å²) >= 11 is 3.38. The standard InChI is InChI=1S/C25H27BrN2O5S/c1-18(20-11-14-23(32-2)24(15-20)33-3)27-25(29)17-28(16-19-9-12-21(26)13-10-19)34(30,31)22-7-5-4-6-8-22/h4-15,18H,16-17H2,1-3H3,(H,27,29). The quantitative estimate of drug-likeness (QED) is 0.403. The van der Waals surface area contributed by atoms with Gasteiger partial charge in [0.2, 0.25) is 15.9 Å². The fourth-order valence-electron chi connectivity index (χ4n) is 3.41. The zero-order valence-electron chi connectivity index (χ0n) is 19.2. The lowest BCUT2D eigenvalue weighted by atomic mass is 10.1. The Morgan fingerprint density at radius 1 is 0.971 bits per heavy atom. The van der Waals surface area contributed by atoms with Crippen molar-refractivity contribution in [2.24, 2.45) is 0 Å². The van der Waals surface area contributed by atoms with Gasteiger partial charge in [-0.25, -0.2) is 8.42 Å². The summed E-state index contributed by atoms with van der Waals surface area (Å²) in [6.45, 7) is 1.55. The number of halogens is 1. The summed E-state index contributed by atoms with van der Waals surface area (Å²) in [5.41, 5.74) is 1.57. The first-order valence-corrected chi connectivity index (χ1v) is 12.8. The van der Waals surface area contributed by atoms with Crippen LogP contribution in [0.4, 0.5) is 0 Å². The number of amides is 1. The van der Waals surface area contributed by atoms with E-state index < -0.39 is 15.9 Å². The van der Waals surface area contributed by atoms with E-state index in [0.29, 0.717) is 11.5 Å². The Balaban J connectivity index is 1.81. The Labute approximate surface area is 208 Å². The van der Waals surface area contributed by atoms with Crippen LogP contribution >= 0.6 is 15.9 Å². The predicted molar refractivity (Wildman–Crippen MR) is 134 cm³/mol. The molecule has 0 saturated carbocycles. The number of carbonyl (C=O) groups excluding carboxylic acids is 1. The summed E-state index contributed by atoms with van der Waals surface area (Å²) < 4.78 is 39.4. The molecule has 180 valence electrons. The molecule has 0 aromatic heterocycles. The van der Waals surface area contributed by atoms with Gasteiger partial charge in [0.05, 0.1) is 31.7 Å². The number of hydrogen-bond acceptors (Lipinski definition) is 5. The Bertz CT molecular complexity index is 1220. The van der Waals surface area contributed by atoms with E-state index in [2.05, 4.69) is 21.2 Å². The van der Waals surface area contributed by atoms with E-state index >= 15 is 0 Å². The molecule has 1 unspecified atom stereocenters. The second-order valence-corrected chi connectivity index (χ2v) is 10.5. The summed E-state index contributed by atoms with van der Waals surface area (Å²) in [5.74, 6) is 0.711. The smallest absolute Gasteiger partial charge is 0.243 e. The van der Waals surface area contributed by atoms with E-state index in [1.165, 1.54) is 16.4 Å². The third-order valence-corrected chi connectivity index (χ3v) is 7.59. The molecule has 3 aromatic rings. The Morgan fingerprint density at radius 2 is 1.62 bits per heavy atom. The minimum absolute atomic E-state index is 0.0582. The molecule has 7 nitrogen and oxygen atoms in total. The number of nitrogens with one attached hydrogen (secondary N) is 1. The van der Waals surface area contributed by atoms with Gasteiger partial charge in [-0.2, -0.15) is 4.31 Å². The Morgan fingerprint density at radius 3 is 2.24 bits per heavy atom. The van der Waals surface area contributed by atoms with Crippen molar-refractivity contribution in [2.45, 2.75) is 24.4 Å². The number of carbonyl (C=O) groups is 1. The zero-order chi connectivity index (χ0) is 24.7. The average Bonchev–Trinajstić information content (AvgIpc) is 2.84. The first-order chi connectivity index (χ1) is 16.2. The fraction of sp³-hybridized carbons (Fsp3) is 0.240. The molecule has 0 heterocycles. The molecule has 1 atom stereocenters. The minimum Gasteiger partial charge on any atom is -0.493 e. The normalized spacial score (nSPS) is 12.3. The van der Waals surface area contributed by atoms with E-state index in [1.54, 1.807) is 44.6 Å². The van der Waals surface area contributed by atoms with Crippen LogP contribution in [0.1, 0.15) is 24.1 Å². The second-order valence-electron chi connectivity index (χ2n) is 7.62. The van der Waals surface area contributed by atoms with Gasteiger partial charge >= 0.3 is 0 Å². The molecule has 34 heavy (non-hydrogen) atoms. The molecule has 9 heteroatoms. The summed E-state index contributed by atoms with van der Waals surface area (Å²) in [7, 11) is -0.808. The summed E-state index contributed by atoms with van der Waals surface area (Å²) in [4.78, 5) is 13.1. The van der Waals surface area contributed by atoms with Gasteiger partial charge in [-0.3, -0.25) is 4.79 Å². The number of ether oxygens (including phenoxy) is 2. The molecule has 0 radical (unpaired) electrons. The first-order valence-electron chi connectivity index (χ1n) is 10.6. The molecule has 1 N–H and O–H groups in total. The van der Waals surface area contributed by atoms with E-state index in [1.807, 2.05) is 37.3 Å². The van der Waals surface area contributed by atoms with Crippen LogP contribution in [0, 0.1) is 0 Å². The van der Waals surface area contributed by atoms with Crippen LogP contribution in [0.15, 0.2) is 82.2 Å². The number of hydrogen-bond donors (Lipinski definition) is 1. The van der Waals surface area contributed by atoms with Crippen molar-refractivity contribution < 1.29 is 22.7 Å². The second kappa shape index (κ2) is 11.5. The van der Waals surface area contributed by atoms with Gasteiger partial charge in [0, 0.05) is 11.0 Å². The van der Waals surface area contributed by atoms with Gasteiger partial charge in [0.15, 0.2) is 11.5 Å². The molecule has 3 aromatic carbocycles. The van der Waals surface area contributed by atoms with E-state index in [9.17, 15) is 13.2 Å². The molecular weight excluding hydrogens is 520 g/mol. The molecule has 0 aliphatic heterocycles. The van der Waals surface area contributed by atoms with Crippen LogP contribution in [-0.2, 0) is 21.4 Å². The Hall–Kier alpha value is -2.88. The summed E-state index contributed by atoms with van der Waals surface area (Å²) in [6.07, 6.45) is 0. The van der Waals surface area contributed by atoms with Crippen molar-refractivity contribution in [3.05, 3.63) is 88.4 Å². The number of nitrogens with zero attached hydrogens (tertiary/aromatic N) is 1. The average molecular weight is 547 g/mol. The van der Waals surface area contributed by atoms with Gasteiger partial charge in [-0.15, -0.1) is 0 Å². The highest BCUT2D eigenvalue weighted by atomic mass is 79.9. The van der Waals surface area contributed by atoms with Crippen LogP contribution in [0.2, 0.25) is 0 Å². The SMILES string of the molecule is COc1ccc(C(C)NC(=O)CN(Cc2ccc(Br)cc2)S(=O)(=O)c2ccccc2)cc1OC. The monoisotopic (exact) mass is 546 g/mol. The molecule has 0 saturated heterocycles. The third-order valence-electron chi connectivity index (χ3n) is 5.26. The van der Waals surface area contributed by atoms with Crippen LogP contribution in [-0.4, -0.2) is 39.4 Å². The lowest BCUT2D eigenvalue weighted by molar-refractivity contribution is -0.122. The van der Waals surface area contributed by atoms with E-state index in [4.69, 9.17) is 9.47 Å². The molecule has 3 rings (SSSR count). The number of sulfonamides is 1. The van der Waals surface area contributed by atoms with Gasteiger partial charge in [-0.05, 0) is 54.4 Å². The zero-order valence-corrected chi connectivity index (χ0v) is 21.6. The number of methoxy groups -OCH3 is 2. The molecule has 1 amide bonds. The van der Waals surface area contributed by atoms with Crippen molar-refractivity contribution in [1.29, 1.82) is 0 Å². The van der Waals surface area contributed by atoms with Crippen molar-refractivity contribution >= 4 is 31.9 Å². The molecular formula is C25H27BrN2O5S. The van der Waals surface area contributed by atoms with Crippen LogP contribution < -0.4 is 14.8 Å². The van der Waals surface area contributed by atoms with Gasteiger partial charge in [0.1, 0.15) is 0 Å². The third kappa shape index (κ3) is 6.37. The van der Waals surface area contributed by atoms with Crippen LogP contribution in [0.3, 0.4) is 0 Å². The highest BCUT2D eigenvalue weighted by Gasteiger charge is 2.27. The van der Waals surface area contributed by atoms with Gasteiger partial charge in [0.25, 0.3) is 0 Å². The van der Waals surface area contributed by atoms with Crippen molar-refractivity contribution in [3.8, 4) is 11.5 Å². The summed E-state index contributed by atoms with van der Waals surface area (Å²) in [5, 5.41) is 2.88. The number of rotatable bonds is 10. The van der Waals surface area contributed by atoms with Crippen molar-refractivity contribution in [2.75, 3.05) is 20.8 Å². The molecule has 0 fully saturated rings. The molecule has 0 aliphatic carbocycles. The van der Waals surface area contributed by atoms with Crippen molar-refractivity contribution in [3.63, 3.8) is 0 Å². The maximum atomic E-state index is 13.4. The maximum Gasteiger partial charge on any atom is 0.243 e. The highest BCUT2D eigenvalue weighted by Crippen LogP contribution is 2.30. The van der Waals surface area contributed by atoms with Crippen molar-refractivity contribution in [1.82, 2.24) is 9.62 Å². The summed E-state index contributed by atoms with van der Waals surface area (Å²) in [6, 6.07) is 20.4. The first kappa shape index (κ1) is 25.7. The molecule has 0 aliphatic rings. The predicted octanol–water partition coefficient (Wildman–Crippen LogP) is 4.53. The Kier molecular flexibility index (Phi) is 8.71. The lowest BCUT2D eigenvalue weighted by Crippen LogP contribution is -2.41. The van der Waals surface area contributed by atoms with Crippen LogP contribution in [0.5, 0.6) is 11.5 Å². The van der Waals surface area contributed by atoms with Crippen LogP contribution in [0.25, 0.3) is 0 Å². The lowest BCUT2D eigenvalue weighted by Gasteiger charge is -2.23. The fourth-order valence-corrected chi connectivity index (χ4v) is 5.08. The number of benzene rings is 3. The van der Waals surface area contributed by atoms with E-state index in [-0.39, 0.29) is 24.0 Å². The topological polar surface area (TPSA) is 84.9 Å². The van der Waals surface area contributed by atoms with Gasteiger partial charge in [-0.1, -0.05) is 52.3 Å². The molecule has 0 bridgehead atoms. The van der Waals surface area contributed by atoms with Gasteiger partial charge < -0.3 is 14.8 Å². The van der Waals surface area contributed by atoms with E-state index in [0.717, 1.165) is 15.6 Å². The molecule has 0 spiro atoms. The maximum absolute atomic E-state index is 13.4. The highest BCUT2D eigenvalue weighted by molar-refractivity contribution is 9.10. The minimum atomic E-state index is -3.90. The largest absolute Gasteiger partial charge is 0.493 e.